The Labute approximate surface area is 187 Å². The van der Waals surface area contributed by atoms with E-state index < -0.39 is 52.4 Å². The van der Waals surface area contributed by atoms with Gasteiger partial charge in [-0.3, -0.25) is 24.5 Å². The number of rotatable bonds is 8. The Bertz CT molecular complexity index is 859. The molecule has 176 valence electrons. The summed E-state index contributed by atoms with van der Waals surface area (Å²) in [5, 5.41) is 22.1. The molecular formula is C23H31NO8. The minimum atomic E-state index is -1.77. The van der Waals surface area contributed by atoms with Crippen molar-refractivity contribution < 1.29 is 33.9 Å². The van der Waals surface area contributed by atoms with Crippen LogP contribution in [0.15, 0.2) is 24.3 Å². The molecule has 1 aromatic rings. The summed E-state index contributed by atoms with van der Waals surface area (Å²) in [4.78, 5) is 49.4. The number of nitro benzene ring substituents is 1. The van der Waals surface area contributed by atoms with Crippen LogP contribution in [-0.4, -0.2) is 46.6 Å². The first-order valence-corrected chi connectivity index (χ1v) is 10.7. The van der Waals surface area contributed by atoms with E-state index in [2.05, 4.69) is 0 Å². The van der Waals surface area contributed by atoms with Gasteiger partial charge in [0.1, 0.15) is 5.92 Å². The third-order valence-electron chi connectivity index (χ3n) is 5.38. The number of nitro groups is 1. The van der Waals surface area contributed by atoms with Gasteiger partial charge in [0.25, 0.3) is 5.69 Å². The van der Waals surface area contributed by atoms with Crippen LogP contribution in [0.3, 0.4) is 0 Å². The number of esters is 2. The van der Waals surface area contributed by atoms with Crippen LogP contribution in [0.25, 0.3) is 0 Å². The lowest BCUT2D eigenvalue weighted by molar-refractivity contribution is -0.384. The largest absolute Gasteiger partial charge is 0.465 e. The van der Waals surface area contributed by atoms with Crippen LogP contribution >= 0.6 is 0 Å². The molecule has 0 amide bonds. The standard InChI is InChI=1S/C23H31NO8/c1-13(2)11-31-21(26)19-17(25)10-23(5,28)20(22(27)32-12-14(3)4)18(19)15-6-8-16(9-7-15)24(29)30/h6-9,13-14,18-20,28H,10-12H2,1-5H3/t18-,19-,20+,23-/m0/s1. The van der Waals surface area contributed by atoms with Gasteiger partial charge in [0.05, 0.1) is 29.7 Å². The number of hydrogen-bond acceptors (Lipinski definition) is 8. The molecule has 1 N–H and O–H groups in total. The normalized spacial score (nSPS) is 25.6. The topological polar surface area (TPSA) is 133 Å². The summed E-state index contributed by atoms with van der Waals surface area (Å²) in [6.07, 6.45) is -0.417. The number of Topliss-reactive ketones (excluding diaryl/α,β-unsaturated/α-hetero) is 1. The van der Waals surface area contributed by atoms with Gasteiger partial charge in [-0.2, -0.15) is 0 Å². The summed E-state index contributed by atoms with van der Waals surface area (Å²) >= 11 is 0. The van der Waals surface area contributed by atoms with Crippen molar-refractivity contribution in [2.45, 2.75) is 52.6 Å². The van der Waals surface area contributed by atoms with Gasteiger partial charge in [0.2, 0.25) is 0 Å². The van der Waals surface area contributed by atoms with E-state index in [4.69, 9.17) is 9.47 Å². The van der Waals surface area contributed by atoms with Gasteiger partial charge < -0.3 is 14.6 Å². The lowest BCUT2D eigenvalue weighted by Gasteiger charge is -2.43. The van der Waals surface area contributed by atoms with E-state index in [0.717, 1.165) is 0 Å². The second-order valence-corrected chi connectivity index (χ2v) is 9.38. The Morgan fingerprint density at radius 3 is 2.06 bits per heavy atom. The number of carbonyl (C=O) groups is 3. The fraction of sp³-hybridized carbons (Fsp3) is 0.609. The first-order chi connectivity index (χ1) is 14.8. The van der Waals surface area contributed by atoms with Crippen LogP contribution in [0, 0.1) is 33.8 Å². The SMILES string of the molecule is CC(C)COC(=O)[C@H]1C(=O)C[C@](C)(O)[C@@H](C(=O)OCC(C)C)[C@H]1c1ccc([N+](=O)[O-])cc1. The average molecular weight is 450 g/mol. The Morgan fingerprint density at radius 2 is 1.59 bits per heavy atom. The molecule has 0 radical (unpaired) electrons. The molecule has 1 saturated carbocycles. The molecule has 0 aromatic heterocycles. The van der Waals surface area contributed by atoms with E-state index in [9.17, 15) is 29.6 Å². The van der Waals surface area contributed by atoms with Gasteiger partial charge in [-0.1, -0.05) is 39.8 Å². The molecule has 0 heterocycles. The molecule has 0 unspecified atom stereocenters. The molecule has 1 aromatic carbocycles. The Kier molecular flexibility index (Phi) is 8.12. The summed E-state index contributed by atoms with van der Waals surface area (Å²) in [6.45, 7) is 8.97. The first-order valence-electron chi connectivity index (χ1n) is 10.7. The van der Waals surface area contributed by atoms with Crippen molar-refractivity contribution in [1.29, 1.82) is 0 Å². The maximum Gasteiger partial charge on any atom is 0.317 e. The van der Waals surface area contributed by atoms with Crippen LogP contribution in [0.2, 0.25) is 0 Å². The van der Waals surface area contributed by atoms with Crippen LogP contribution in [0.1, 0.15) is 52.5 Å². The van der Waals surface area contributed by atoms with Gasteiger partial charge in [0.15, 0.2) is 5.78 Å². The van der Waals surface area contributed by atoms with Gasteiger partial charge in [0, 0.05) is 24.5 Å². The van der Waals surface area contributed by atoms with Crippen molar-refractivity contribution >= 4 is 23.4 Å². The highest BCUT2D eigenvalue weighted by atomic mass is 16.6. The van der Waals surface area contributed by atoms with Gasteiger partial charge in [-0.25, -0.2) is 0 Å². The molecule has 4 atom stereocenters. The number of aliphatic hydroxyl groups is 1. The summed E-state index contributed by atoms with van der Waals surface area (Å²) in [5.41, 5.74) is -1.62. The molecule has 0 saturated heterocycles. The van der Waals surface area contributed by atoms with Crippen molar-refractivity contribution in [2.24, 2.45) is 23.7 Å². The quantitative estimate of drug-likeness (QED) is 0.277. The van der Waals surface area contributed by atoms with E-state index in [1.165, 1.54) is 31.2 Å². The lowest BCUT2D eigenvalue weighted by Crippen LogP contribution is -2.55. The Morgan fingerprint density at radius 1 is 1.09 bits per heavy atom. The van der Waals surface area contributed by atoms with Crippen LogP contribution < -0.4 is 0 Å². The van der Waals surface area contributed by atoms with E-state index >= 15 is 0 Å². The molecule has 1 fully saturated rings. The number of hydrogen-bond donors (Lipinski definition) is 1. The zero-order chi connectivity index (χ0) is 24.2. The first kappa shape index (κ1) is 25.5. The van der Waals surface area contributed by atoms with Crippen LogP contribution in [0.4, 0.5) is 5.69 Å². The number of non-ortho nitro benzene ring substituents is 1. The van der Waals surface area contributed by atoms with Crippen LogP contribution in [-0.2, 0) is 23.9 Å². The molecular weight excluding hydrogens is 418 g/mol. The van der Waals surface area contributed by atoms with Crippen molar-refractivity contribution in [1.82, 2.24) is 0 Å². The summed E-state index contributed by atoms with van der Waals surface area (Å²) in [6, 6.07) is 5.25. The number of nitrogens with zero attached hydrogens (tertiary/aromatic N) is 1. The monoisotopic (exact) mass is 449 g/mol. The summed E-state index contributed by atoms with van der Waals surface area (Å²) < 4.78 is 10.7. The average Bonchev–Trinajstić information content (AvgIpc) is 2.69. The number of carbonyl (C=O) groups excluding carboxylic acids is 3. The second-order valence-electron chi connectivity index (χ2n) is 9.38. The summed E-state index contributed by atoms with van der Waals surface area (Å²) in [7, 11) is 0. The molecule has 0 bridgehead atoms. The third kappa shape index (κ3) is 5.91. The Hall–Kier alpha value is -2.81. The van der Waals surface area contributed by atoms with E-state index in [1.807, 2.05) is 27.7 Å². The molecule has 0 aliphatic heterocycles. The minimum Gasteiger partial charge on any atom is -0.465 e. The fourth-order valence-electron chi connectivity index (χ4n) is 3.91. The molecule has 1 aliphatic carbocycles. The number of ether oxygens (including phenoxy) is 2. The number of ketones is 1. The van der Waals surface area contributed by atoms with Gasteiger partial charge in [-0.15, -0.1) is 0 Å². The molecule has 32 heavy (non-hydrogen) atoms. The van der Waals surface area contributed by atoms with Crippen molar-refractivity contribution in [3.05, 3.63) is 39.9 Å². The highest BCUT2D eigenvalue weighted by Gasteiger charge is 2.57. The van der Waals surface area contributed by atoms with Crippen molar-refractivity contribution in [3.8, 4) is 0 Å². The van der Waals surface area contributed by atoms with E-state index in [0.29, 0.717) is 5.56 Å². The zero-order valence-electron chi connectivity index (χ0n) is 19.1. The van der Waals surface area contributed by atoms with Crippen molar-refractivity contribution in [2.75, 3.05) is 13.2 Å². The highest BCUT2D eigenvalue weighted by molar-refractivity contribution is 6.02. The fourth-order valence-corrected chi connectivity index (χ4v) is 3.91. The van der Waals surface area contributed by atoms with Gasteiger partial charge >= 0.3 is 11.9 Å². The predicted molar refractivity (Wildman–Crippen MR) is 115 cm³/mol. The number of benzene rings is 1. The summed E-state index contributed by atoms with van der Waals surface area (Å²) in [5.74, 6) is -5.68. The minimum absolute atomic E-state index is 0.0328. The highest BCUT2D eigenvalue weighted by Crippen LogP contribution is 2.47. The lowest BCUT2D eigenvalue weighted by atomic mass is 9.61. The molecule has 9 nitrogen and oxygen atoms in total. The molecule has 1 aliphatic rings. The maximum absolute atomic E-state index is 13.1. The smallest absolute Gasteiger partial charge is 0.317 e. The van der Waals surface area contributed by atoms with Crippen LogP contribution in [0.5, 0.6) is 0 Å². The van der Waals surface area contributed by atoms with Gasteiger partial charge in [-0.05, 0) is 24.3 Å². The molecule has 0 spiro atoms. The van der Waals surface area contributed by atoms with E-state index in [-0.39, 0.29) is 30.7 Å². The Balaban J connectivity index is 2.55. The predicted octanol–water partition coefficient (Wildman–Crippen LogP) is 3.03. The third-order valence-corrected chi connectivity index (χ3v) is 5.38. The molecule has 9 heteroatoms. The zero-order valence-corrected chi connectivity index (χ0v) is 19.1. The second kappa shape index (κ2) is 10.2. The van der Waals surface area contributed by atoms with Crippen molar-refractivity contribution in [3.63, 3.8) is 0 Å². The van der Waals surface area contributed by atoms with E-state index in [1.54, 1.807) is 0 Å². The maximum atomic E-state index is 13.1. The molecule has 2 rings (SSSR count).